The van der Waals surface area contributed by atoms with Gasteiger partial charge in [0.05, 0.1) is 17.7 Å². The number of hydrogen-bond donors (Lipinski definition) is 1. The largest absolute Gasteiger partial charge is 0.382 e. The van der Waals surface area contributed by atoms with Gasteiger partial charge in [-0.1, -0.05) is 57.6 Å². The minimum Gasteiger partial charge on any atom is -0.382 e. The summed E-state index contributed by atoms with van der Waals surface area (Å²) in [6, 6.07) is 6.42. The number of benzene rings is 1. The van der Waals surface area contributed by atoms with E-state index in [4.69, 9.17) is 4.74 Å². The Morgan fingerprint density at radius 2 is 1.96 bits per heavy atom. The van der Waals surface area contributed by atoms with E-state index < -0.39 is 5.54 Å². The first-order chi connectivity index (χ1) is 13.0. The Balaban J connectivity index is 2.00. The molecule has 2 rings (SSSR count). The SMILES string of the molecule is CCCCCCCCC(C)(COC)NC(=O)c1cnc2c(F)cccc2c1. The molecule has 1 unspecified atom stereocenters. The van der Waals surface area contributed by atoms with Gasteiger partial charge in [-0.25, -0.2) is 4.39 Å². The third-order valence-corrected chi connectivity index (χ3v) is 4.88. The van der Waals surface area contributed by atoms with Crippen molar-refractivity contribution in [1.29, 1.82) is 0 Å². The molecule has 0 aliphatic rings. The molecule has 0 aliphatic heterocycles. The third-order valence-electron chi connectivity index (χ3n) is 4.88. The van der Waals surface area contributed by atoms with E-state index in [1.54, 1.807) is 25.3 Å². The number of amides is 1. The monoisotopic (exact) mass is 374 g/mol. The maximum atomic E-state index is 13.8. The lowest BCUT2D eigenvalue weighted by atomic mass is 9.94. The fraction of sp³-hybridized carbons (Fsp3) is 0.545. The number of hydrogen-bond acceptors (Lipinski definition) is 3. The van der Waals surface area contributed by atoms with Gasteiger partial charge in [-0.15, -0.1) is 0 Å². The van der Waals surface area contributed by atoms with Gasteiger partial charge in [0.2, 0.25) is 0 Å². The average Bonchev–Trinajstić information content (AvgIpc) is 2.64. The minimum atomic E-state index is -0.437. The molecule has 0 fully saturated rings. The second kappa shape index (κ2) is 10.4. The van der Waals surface area contributed by atoms with Gasteiger partial charge in [-0.3, -0.25) is 9.78 Å². The molecule has 0 aliphatic carbocycles. The van der Waals surface area contributed by atoms with Gasteiger partial charge in [0, 0.05) is 18.7 Å². The lowest BCUT2D eigenvalue weighted by Crippen LogP contribution is -2.49. The minimum absolute atomic E-state index is 0.209. The van der Waals surface area contributed by atoms with Crippen LogP contribution in [0.3, 0.4) is 0 Å². The van der Waals surface area contributed by atoms with Crippen molar-refractivity contribution in [3.05, 3.63) is 41.8 Å². The van der Waals surface area contributed by atoms with Crippen LogP contribution in [-0.2, 0) is 4.74 Å². The average molecular weight is 375 g/mol. The molecule has 1 heterocycles. The Morgan fingerprint density at radius 1 is 1.22 bits per heavy atom. The van der Waals surface area contributed by atoms with Crippen molar-refractivity contribution in [2.24, 2.45) is 0 Å². The Bertz CT molecular complexity index is 750. The number of methoxy groups -OCH3 is 1. The summed E-state index contributed by atoms with van der Waals surface area (Å²) in [6.45, 7) is 4.67. The topological polar surface area (TPSA) is 51.2 Å². The van der Waals surface area contributed by atoms with E-state index in [1.807, 2.05) is 6.92 Å². The van der Waals surface area contributed by atoms with Crippen LogP contribution in [0.5, 0.6) is 0 Å². The number of nitrogens with one attached hydrogen (secondary N) is 1. The van der Waals surface area contributed by atoms with Crippen LogP contribution in [0, 0.1) is 5.82 Å². The maximum absolute atomic E-state index is 13.8. The van der Waals surface area contributed by atoms with Crippen molar-refractivity contribution in [3.8, 4) is 0 Å². The number of ether oxygens (including phenoxy) is 1. The standard InChI is InChI=1S/C22H31FN2O2/c1-4-5-6-7-8-9-13-22(2,16-27-3)25-21(26)18-14-17-11-10-12-19(23)20(17)24-15-18/h10-12,14-15H,4-9,13,16H2,1-3H3,(H,25,26). The van der Waals surface area contributed by atoms with Crippen LogP contribution in [0.15, 0.2) is 30.5 Å². The molecule has 2 aromatic rings. The molecular weight excluding hydrogens is 343 g/mol. The van der Waals surface area contributed by atoms with Crippen molar-refractivity contribution >= 4 is 16.8 Å². The van der Waals surface area contributed by atoms with Crippen LogP contribution in [0.4, 0.5) is 4.39 Å². The van der Waals surface area contributed by atoms with Gasteiger partial charge in [0.1, 0.15) is 11.3 Å². The molecule has 1 aromatic heterocycles. The summed E-state index contributed by atoms with van der Waals surface area (Å²) in [5, 5.41) is 3.71. The lowest BCUT2D eigenvalue weighted by Gasteiger charge is -2.30. The maximum Gasteiger partial charge on any atom is 0.253 e. The molecule has 4 nitrogen and oxygen atoms in total. The zero-order valence-electron chi connectivity index (χ0n) is 16.7. The zero-order chi connectivity index (χ0) is 19.7. The van der Waals surface area contributed by atoms with E-state index in [2.05, 4.69) is 17.2 Å². The third kappa shape index (κ3) is 6.28. The summed E-state index contributed by atoms with van der Waals surface area (Å²) in [7, 11) is 1.64. The van der Waals surface area contributed by atoms with Gasteiger partial charge < -0.3 is 10.1 Å². The summed E-state index contributed by atoms with van der Waals surface area (Å²) in [6.07, 6.45) is 9.50. The molecule has 1 aromatic carbocycles. The first kappa shape index (κ1) is 21.3. The molecule has 1 amide bonds. The lowest BCUT2D eigenvalue weighted by molar-refractivity contribution is 0.0766. The first-order valence-electron chi connectivity index (χ1n) is 9.85. The highest BCUT2D eigenvalue weighted by Crippen LogP contribution is 2.20. The van der Waals surface area contributed by atoms with Gasteiger partial charge in [0.15, 0.2) is 0 Å². The number of pyridine rings is 1. The number of fused-ring (bicyclic) bond motifs is 1. The fourth-order valence-electron chi connectivity index (χ4n) is 3.38. The van der Waals surface area contributed by atoms with Gasteiger partial charge >= 0.3 is 0 Å². The predicted octanol–water partition coefficient (Wildman–Crippen LogP) is 5.26. The molecular formula is C22H31FN2O2. The number of unbranched alkanes of at least 4 members (excludes halogenated alkanes) is 5. The zero-order valence-corrected chi connectivity index (χ0v) is 16.7. The van der Waals surface area contributed by atoms with Crippen LogP contribution in [0.2, 0.25) is 0 Å². The van der Waals surface area contributed by atoms with Crippen LogP contribution >= 0.6 is 0 Å². The summed E-state index contributed by atoms with van der Waals surface area (Å²) in [5.41, 5.74) is 0.271. The Hall–Kier alpha value is -2.01. The molecule has 148 valence electrons. The van der Waals surface area contributed by atoms with Crippen LogP contribution < -0.4 is 5.32 Å². The molecule has 27 heavy (non-hydrogen) atoms. The Kier molecular flexibility index (Phi) is 8.17. The molecule has 1 N–H and O–H groups in total. The highest BCUT2D eigenvalue weighted by molar-refractivity contribution is 5.97. The van der Waals surface area contributed by atoms with E-state index in [0.29, 0.717) is 17.6 Å². The van der Waals surface area contributed by atoms with Crippen molar-refractivity contribution in [1.82, 2.24) is 10.3 Å². The molecule has 0 bridgehead atoms. The highest BCUT2D eigenvalue weighted by atomic mass is 19.1. The quantitative estimate of drug-likeness (QED) is 0.546. The van der Waals surface area contributed by atoms with Crippen molar-refractivity contribution in [2.75, 3.05) is 13.7 Å². The summed E-state index contributed by atoms with van der Waals surface area (Å²) in [4.78, 5) is 16.9. The number of rotatable bonds is 11. The second-order valence-electron chi connectivity index (χ2n) is 7.50. The smallest absolute Gasteiger partial charge is 0.253 e. The number of nitrogens with zero attached hydrogens (tertiary/aromatic N) is 1. The highest BCUT2D eigenvalue weighted by Gasteiger charge is 2.26. The normalized spacial score (nSPS) is 13.5. The number of aromatic nitrogens is 1. The van der Waals surface area contributed by atoms with Crippen LogP contribution in [0.25, 0.3) is 10.9 Å². The molecule has 0 radical (unpaired) electrons. The van der Waals surface area contributed by atoms with E-state index >= 15 is 0 Å². The van der Waals surface area contributed by atoms with E-state index in [1.165, 1.54) is 37.9 Å². The number of carbonyl (C=O) groups is 1. The molecule has 1 atom stereocenters. The second-order valence-corrected chi connectivity index (χ2v) is 7.50. The van der Waals surface area contributed by atoms with Gasteiger partial charge in [-0.2, -0.15) is 0 Å². The molecule has 0 saturated carbocycles. The summed E-state index contributed by atoms with van der Waals surface area (Å²) < 4.78 is 19.1. The first-order valence-corrected chi connectivity index (χ1v) is 9.85. The fourth-order valence-corrected chi connectivity index (χ4v) is 3.38. The Morgan fingerprint density at radius 3 is 2.70 bits per heavy atom. The van der Waals surface area contributed by atoms with Gasteiger partial charge in [0.25, 0.3) is 5.91 Å². The molecule has 5 heteroatoms. The van der Waals surface area contributed by atoms with Crippen LogP contribution in [-0.4, -0.2) is 30.1 Å². The number of halogens is 1. The van der Waals surface area contributed by atoms with Crippen molar-refractivity contribution in [3.63, 3.8) is 0 Å². The Labute approximate surface area is 161 Å². The van der Waals surface area contributed by atoms with E-state index in [-0.39, 0.29) is 17.2 Å². The van der Waals surface area contributed by atoms with E-state index in [0.717, 1.165) is 19.3 Å². The summed E-state index contributed by atoms with van der Waals surface area (Å²) in [5.74, 6) is -0.592. The van der Waals surface area contributed by atoms with Crippen molar-refractivity contribution < 1.29 is 13.9 Å². The predicted molar refractivity (Wildman–Crippen MR) is 107 cm³/mol. The van der Waals surface area contributed by atoms with Gasteiger partial charge in [-0.05, 0) is 25.5 Å². The summed E-state index contributed by atoms with van der Waals surface area (Å²) >= 11 is 0. The number of carbonyl (C=O) groups excluding carboxylic acids is 1. The number of para-hydroxylation sites is 1. The van der Waals surface area contributed by atoms with Crippen molar-refractivity contribution in [2.45, 2.75) is 64.3 Å². The molecule has 0 saturated heterocycles. The van der Waals surface area contributed by atoms with Crippen LogP contribution in [0.1, 0.15) is 69.2 Å². The molecule has 0 spiro atoms. The van der Waals surface area contributed by atoms with E-state index in [9.17, 15) is 9.18 Å².